The first-order valence-corrected chi connectivity index (χ1v) is 7.37. The van der Waals surface area contributed by atoms with Crippen molar-refractivity contribution in [3.05, 3.63) is 48.7 Å². The highest BCUT2D eigenvalue weighted by Crippen LogP contribution is 2.26. The van der Waals surface area contributed by atoms with Crippen molar-refractivity contribution < 1.29 is 9.59 Å². The molecule has 1 atom stereocenters. The molecule has 0 unspecified atom stereocenters. The van der Waals surface area contributed by atoms with E-state index < -0.39 is 6.04 Å². The van der Waals surface area contributed by atoms with Gasteiger partial charge < -0.3 is 4.57 Å². The minimum Gasteiger partial charge on any atom is -0.334 e. The average Bonchev–Trinajstić information content (AvgIpc) is 3.16. The molecule has 0 aliphatic rings. The Balaban J connectivity index is 2.02. The van der Waals surface area contributed by atoms with E-state index in [2.05, 4.69) is 15.6 Å². The highest BCUT2D eigenvalue weighted by molar-refractivity contribution is 6.07. The molecule has 0 aliphatic carbocycles. The molecule has 0 aliphatic heterocycles. The Morgan fingerprint density at radius 2 is 1.91 bits per heavy atom. The van der Waals surface area contributed by atoms with Crippen LogP contribution in [-0.4, -0.2) is 31.1 Å². The second-order valence-corrected chi connectivity index (χ2v) is 5.29. The van der Waals surface area contributed by atoms with Gasteiger partial charge in [-0.2, -0.15) is 0 Å². The maximum absolute atomic E-state index is 12.6. The van der Waals surface area contributed by atoms with E-state index in [1.54, 1.807) is 6.20 Å². The number of amides is 1. The van der Waals surface area contributed by atoms with Crippen LogP contribution in [0.25, 0.3) is 10.9 Å². The van der Waals surface area contributed by atoms with Gasteiger partial charge in [0.2, 0.25) is 0 Å². The van der Waals surface area contributed by atoms with E-state index in [0.717, 1.165) is 10.9 Å². The first kappa shape index (κ1) is 15.0. The summed E-state index contributed by atoms with van der Waals surface area (Å²) in [5, 5.41) is 8.17. The van der Waals surface area contributed by atoms with Crippen molar-refractivity contribution in [1.82, 2.24) is 19.4 Å². The van der Waals surface area contributed by atoms with Crippen LogP contribution in [0.15, 0.2) is 43.1 Å². The molecule has 0 radical (unpaired) electrons. The van der Waals surface area contributed by atoms with E-state index in [1.807, 2.05) is 35.8 Å². The molecular weight excluding hydrogens is 294 g/mol. The monoisotopic (exact) mass is 311 g/mol. The number of nitrogens with zero attached hydrogens (tertiary/aromatic N) is 4. The van der Waals surface area contributed by atoms with Crippen LogP contribution in [-0.2, 0) is 4.79 Å². The van der Waals surface area contributed by atoms with Crippen molar-refractivity contribution in [3.63, 3.8) is 0 Å². The maximum Gasteiger partial charge on any atom is 0.261 e. The first-order chi connectivity index (χ1) is 11.1. The van der Waals surface area contributed by atoms with E-state index in [-0.39, 0.29) is 11.7 Å². The molecule has 0 saturated carbocycles. The number of carbonyl (C=O) groups excluding carboxylic acids is 2. The van der Waals surface area contributed by atoms with Gasteiger partial charge in [0.05, 0.1) is 0 Å². The summed E-state index contributed by atoms with van der Waals surface area (Å²) in [6.45, 7) is 3.46. The molecule has 0 spiro atoms. The summed E-state index contributed by atoms with van der Waals surface area (Å²) in [7, 11) is 0. The average molecular weight is 311 g/mol. The first-order valence-electron chi connectivity index (χ1n) is 7.37. The third-order valence-corrected chi connectivity index (χ3v) is 3.80. The third kappa shape index (κ3) is 2.73. The summed E-state index contributed by atoms with van der Waals surface area (Å²) in [6, 6.07) is 7.16. The number of hydrogen-bond acceptors (Lipinski definition) is 4. The number of para-hydroxylation sites is 1. The van der Waals surface area contributed by atoms with Crippen LogP contribution in [0.4, 0.5) is 0 Å². The minimum atomic E-state index is -0.435. The molecule has 2 aromatic heterocycles. The molecule has 7 heteroatoms. The molecule has 0 bridgehead atoms. The lowest BCUT2D eigenvalue weighted by Gasteiger charge is -2.18. The molecule has 1 N–H and O–H groups in total. The normalized spacial score (nSPS) is 12.3. The summed E-state index contributed by atoms with van der Waals surface area (Å²) in [6.07, 6.45) is 5.18. The van der Waals surface area contributed by atoms with Crippen molar-refractivity contribution in [2.75, 3.05) is 5.43 Å². The van der Waals surface area contributed by atoms with E-state index in [4.69, 9.17) is 0 Å². The number of nitrogens with one attached hydrogen (secondary N) is 1. The fourth-order valence-corrected chi connectivity index (χ4v) is 2.71. The van der Waals surface area contributed by atoms with Gasteiger partial charge in [0.1, 0.15) is 18.7 Å². The number of benzene rings is 1. The molecule has 0 saturated heterocycles. The van der Waals surface area contributed by atoms with Gasteiger partial charge in [-0.25, -0.2) is 4.68 Å². The summed E-state index contributed by atoms with van der Waals surface area (Å²) in [4.78, 5) is 24.4. The van der Waals surface area contributed by atoms with Crippen molar-refractivity contribution in [2.24, 2.45) is 0 Å². The molecule has 23 heavy (non-hydrogen) atoms. The van der Waals surface area contributed by atoms with Crippen LogP contribution in [0.1, 0.15) is 36.7 Å². The quantitative estimate of drug-likeness (QED) is 0.732. The van der Waals surface area contributed by atoms with E-state index in [9.17, 15) is 9.59 Å². The zero-order valence-corrected chi connectivity index (χ0v) is 12.9. The zero-order chi connectivity index (χ0) is 16.4. The summed E-state index contributed by atoms with van der Waals surface area (Å²) >= 11 is 0. The van der Waals surface area contributed by atoms with E-state index >= 15 is 0 Å². The molecule has 3 rings (SSSR count). The van der Waals surface area contributed by atoms with Crippen LogP contribution in [0, 0.1) is 0 Å². The molecule has 1 amide bonds. The Morgan fingerprint density at radius 1 is 1.22 bits per heavy atom. The van der Waals surface area contributed by atoms with E-state index in [0.29, 0.717) is 12.0 Å². The highest BCUT2D eigenvalue weighted by atomic mass is 16.2. The van der Waals surface area contributed by atoms with Crippen LogP contribution in [0.5, 0.6) is 0 Å². The second kappa shape index (κ2) is 6.04. The number of fused-ring (bicyclic) bond motifs is 1. The van der Waals surface area contributed by atoms with Gasteiger partial charge in [-0.1, -0.05) is 25.1 Å². The minimum absolute atomic E-state index is 0.0194. The molecule has 1 aromatic carbocycles. The Kier molecular flexibility index (Phi) is 3.92. The van der Waals surface area contributed by atoms with E-state index in [1.165, 1.54) is 24.3 Å². The van der Waals surface area contributed by atoms with Gasteiger partial charge >= 0.3 is 0 Å². The van der Waals surface area contributed by atoms with Gasteiger partial charge in [0.15, 0.2) is 5.78 Å². The number of Topliss-reactive ketones (excluding diaryl/α,β-unsaturated/α-hetero) is 1. The number of aromatic nitrogens is 4. The highest BCUT2D eigenvalue weighted by Gasteiger charge is 2.22. The predicted octanol–water partition coefficient (Wildman–Crippen LogP) is 2.16. The number of carbonyl (C=O) groups is 2. The van der Waals surface area contributed by atoms with Crippen LogP contribution in [0.3, 0.4) is 0 Å². The van der Waals surface area contributed by atoms with Crippen LogP contribution >= 0.6 is 0 Å². The van der Waals surface area contributed by atoms with Crippen molar-refractivity contribution in [1.29, 1.82) is 0 Å². The SMILES string of the molecule is CC[C@H](C(=O)Nn1cnnc1)n1cc(C(C)=O)c2ccccc21. The predicted molar refractivity (Wildman–Crippen MR) is 85.7 cm³/mol. The molecule has 0 fully saturated rings. The summed E-state index contributed by atoms with van der Waals surface area (Å²) < 4.78 is 3.26. The molecular formula is C16H17N5O2. The van der Waals surface area contributed by atoms with Crippen LogP contribution in [0.2, 0.25) is 0 Å². The Labute approximate surface area is 132 Å². The smallest absolute Gasteiger partial charge is 0.261 e. The lowest BCUT2D eigenvalue weighted by molar-refractivity contribution is -0.120. The van der Waals surface area contributed by atoms with Crippen molar-refractivity contribution in [2.45, 2.75) is 26.3 Å². The lowest BCUT2D eigenvalue weighted by Crippen LogP contribution is -2.30. The molecule has 118 valence electrons. The molecule has 3 aromatic rings. The fourth-order valence-electron chi connectivity index (χ4n) is 2.71. The van der Waals surface area contributed by atoms with Gasteiger partial charge in [0, 0.05) is 22.7 Å². The molecule has 7 nitrogen and oxygen atoms in total. The number of ketones is 1. The lowest BCUT2D eigenvalue weighted by atomic mass is 10.1. The van der Waals surface area contributed by atoms with Gasteiger partial charge in [-0.05, 0) is 19.4 Å². The number of rotatable bonds is 5. The third-order valence-electron chi connectivity index (χ3n) is 3.80. The Morgan fingerprint density at radius 3 is 2.57 bits per heavy atom. The van der Waals surface area contributed by atoms with Gasteiger partial charge in [-0.15, -0.1) is 10.2 Å². The zero-order valence-electron chi connectivity index (χ0n) is 12.9. The standard InChI is InChI=1S/C16H17N5O2/c1-3-14(16(23)19-20-9-17-18-10-20)21-8-13(11(2)22)12-6-4-5-7-15(12)21/h4-10,14H,3H2,1-2H3,(H,19,23)/t14-/m1/s1. The topological polar surface area (TPSA) is 81.8 Å². The van der Waals surface area contributed by atoms with Gasteiger partial charge in [-0.3, -0.25) is 15.0 Å². The Hall–Kier alpha value is -2.96. The van der Waals surface area contributed by atoms with Crippen molar-refractivity contribution in [3.8, 4) is 0 Å². The fraction of sp³-hybridized carbons (Fsp3) is 0.250. The van der Waals surface area contributed by atoms with Crippen molar-refractivity contribution >= 4 is 22.6 Å². The molecule has 2 heterocycles. The second-order valence-electron chi connectivity index (χ2n) is 5.29. The largest absolute Gasteiger partial charge is 0.334 e. The Bertz CT molecular complexity index is 851. The summed E-state index contributed by atoms with van der Waals surface area (Å²) in [5.74, 6) is -0.211. The van der Waals surface area contributed by atoms with Crippen LogP contribution < -0.4 is 5.43 Å². The van der Waals surface area contributed by atoms with Gasteiger partial charge in [0.25, 0.3) is 5.91 Å². The number of hydrogen-bond donors (Lipinski definition) is 1. The maximum atomic E-state index is 12.6. The summed E-state index contributed by atoms with van der Waals surface area (Å²) in [5.41, 5.74) is 4.21.